The fourth-order valence-corrected chi connectivity index (χ4v) is 12.2. The Morgan fingerprint density at radius 3 is 1.50 bits per heavy atom. The Kier molecular flexibility index (Phi) is 41.9. The van der Waals surface area contributed by atoms with Crippen LogP contribution in [0.3, 0.4) is 0 Å². The first-order valence-electron chi connectivity index (χ1n) is 33.6. The topological polar surface area (TPSA) is 661 Å². The molecule has 1 fully saturated rings. The van der Waals surface area contributed by atoms with Crippen molar-refractivity contribution in [1.82, 2.24) is 58.5 Å². The Hall–Kier alpha value is -9.60. The summed E-state index contributed by atoms with van der Waals surface area (Å²) >= 11 is 0. The predicted octanol–water partition coefficient (Wildman–Crippen LogP) is -5.78. The number of phenolic OH excluding ortho intramolecular Hbond substituents is 1. The first kappa shape index (κ1) is 88.5. The molecule has 102 heavy (non-hydrogen) atoms. The van der Waals surface area contributed by atoms with E-state index in [2.05, 4.69) is 78.5 Å². The maximum Gasteiger partial charge on any atom is 0.326 e. The maximum atomic E-state index is 14.2. The van der Waals surface area contributed by atoms with Crippen LogP contribution in [0.5, 0.6) is 5.75 Å². The molecule has 1 aromatic rings. The number of carboxylic acid groups (broad SMARTS) is 1. The molecule has 0 saturated carbocycles. The number of hydrogen-bond donors (Lipinski definition) is 22. The number of aromatic hydroxyl groups is 1. The number of phenols is 1. The number of benzene rings is 1. The number of aliphatic carboxylic acids is 1. The predicted molar refractivity (Wildman–Crippen MR) is 388 cm³/mol. The zero-order valence-electron chi connectivity index (χ0n) is 58.6. The standard InChI is InChI=1S/C62H108N24O14S2/c1-33(2)27-43-54(95)78-35(5)49(90)84-44(28-34(3)4)55(96)86-46(57(98)83-42(58(99)100)16-12-26-76-62(70)71)32-102-101-31-45(56(97)85-43)80-47(88)17-7-6-8-22-72-51(92)39(13-9-23-73-59(64)65)79-48(89)30-77-52(93)40(14-10-24-74-60(66)67)82-53(94)41(15-11-25-75-61(68)69)81-50(91)38(63)29-36-18-20-37(87)21-19-36/h18-21,33-35,38-46,87H,6-17,22-32,63H2,1-5H3,(H,72,92)(H,77,93)(H,78,95)(H,79,89)(H,80,88)(H,81,91)(H,82,94)(H,83,98)(H,84,90)(H,85,97)(H,86,96)(H,99,100)(H4,64,65,73)(H4,66,67,74)(H4,68,69,75)(H4,70,71,76)/t35-,38-,39-,40-,41-,42-,43-,44-,45-,46-/m0/s1. The molecule has 1 heterocycles. The highest BCUT2D eigenvalue weighted by atomic mass is 33.1. The van der Waals surface area contributed by atoms with Crippen LogP contribution in [0.4, 0.5) is 0 Å². The molecule has 2 rings (SSSR count). The highest BCUT2D eigenvalue weighted by Gasteiger charge is 2.35. The SMILES string of the molecule is CC(C)C[C@@H]1NC(=O)[C@H](C)NC(=O)[C@H](CC(C)C)NC(=O)[C@@H](NC(=O)CCCCCNC(=O)[C@H](CCCN=C(N)N)NC(=O)CNC(=O)[C@H](CCCN=C(N)N)NC(=O)[C@H](CCCN=C(N)N)NC(=O)[C@@H](N)Cc2ccc(O)cc2)CSSC[C@@H](C(=O)N[C@@H](CCCN=C(N)N)C(=O)O)NC1=O. The Bertz CT molecular complexity index is 3040. The fraction of sp³-hybridized carbons (Fsp3) is 0.645. The molecule has 1 aliphatic rings. The van der Waals surface area contributed by atoms with Crippen molar-refractivity contribution in [3.8, 4) is 5.75 Å². The van der Waals surface area contributed by atoms with Gasteiger partial charge >= 0.3 is 5.97 Å². The summed E-state index contributed by atoms with van der Waals surface area (Å²) in [5.41, 5.74) is 50.6. The van der Waals surface area contributed by atoms with Crippen LogP contribution in [0, 0.1) is 11.8 Å². The van der Waals surface area contributed by atoms with Gasteiger partial charge in [0.05, 0.1) is 12.6 Å². The summed E-state index contributed by atoms with van der Waals surface area (Å²) in [7, 11) is 2.07. The van der Waals surface area contributed by atoms with E-state index in [4.69, 9.17) is 51.6 Å². The number of guanidine groups is 4. The number of aliphatic imine (C=N–C) groups is 4. The van der Waals surface area contributed by atoms with Crippen molar-refractivity contribution in [2.75, 3.05) is 50.8 Å². The maximum absolute atomic E-state index is 14.2. The van der Waals surface area contributed by atoms with Gasteiger partial charge in [-0.15, -0.1) is 0 Å². The van der Waals surface area contributed by atoms with Crippen molar-refractivity contribution in [2.45, 2.75) is 191 Å². The molecule has 1 aromatic carbocycles. The Labute approximate surface area is 601 Å². The minimum absolute atomic E-state index is 0.00122. The number of nitrogens with one attached hydrogen (secondary N) is 11. The number of amides is 11. The van der Waals surface area contributed by atoms with E-state index in [1.54, 1.807) is 12.1 Å². The van der Waals surface area contributed by atoms with E-state index in [1.165, 1.54) is 19.1 Å². The van der Waals surface area contributed by atoms with Gasteiger partial charge in [-0.1, -0.05) is 67.8 Å². The average molecular weight is 1480 g/mol. The number of nitrogens with zero attached hydrogens (tertiary/aromatic N) is 4. The van der Waals surface area contributed by atoms with Crippen molar-refractivity contribution < 1.29 is 67.7 Å². The summed E-state index contributed by atoms with van der Waals surface area (Å²) in [6, 6.07) is -6.52. The molecule has 0 bridgehead atoms. The van der Waals surface area contributed by atoms with Crippen LogP contribution >= 0.6 is 21.6 Å². The number of carboxylic acids is 1. The molecule has 572 valence electrons. The van der Waals surface area contributed by atoms with Gasteiger partial charge in [0.2, 0.25) is 65.0 Å². The third-order valence-electron chi connectivity index (χ3n) is 15.1. The Morgan fingerprint density at radius 2 is 0.990 bits per heavy atom. The third-order valence-corrected chi connectivity index (χ3v) is 17.5. The number of carbonyl (C=O) groups excluding carboxylic acids is 11. The minimum atomic E-state index is -1.42. The molecule has 40 heteroatoms. The second kappa shape index (κ2) is 48.3. The van der Waals surface area contributed by atoms with E-state index < -0.39 is 138 Å². The summed E-state index contributed by atoms with van der Waals surface area (Å²) in [6.45, 7) is 8.35. The fourth-order valence-electron chi connectivity index (χ4n) is 9.83. The summed E-state index contributed by atoms with van der Waals surface area (Å²) in [5.74, 6) is -10.9. The Balaban J connectivity index is 2.27. The Morgan fingerprint density at radius 1 is 0.529 bits per heavy atom. The molecule has 0 aliphatic carbocycles. The van der Waals surface area contributed by atoms with Gasteiger partial charge in [-0.3, -0.25) is 72.7 Å². The van der Waals surface area contributed by atoms with Crippen LogP contribution in [-0.4, -0.2) is 216 Å². The molecular formula is C62H108N24O14S2. The van der Waals surface area contributed by atoms with Gasteiger partial charge in [0.1, 0.15) is 60.1 Å². The number of carbonyl (C=O) groups is 12. The number of hydrogen-bond acceptors (Lipinski definition) is 20. The van der Waals surface area contributed by atoms with Crippen LogP contribution in [0.2, 0.25) is 0 Å². The van der Waals surface area contributed by atoms with Gasteiger partial charge < -0.3 is 120 Å². The van der Waals surface area contributed by atoms with E-state index in [-0.39, 0.29) is 169 Å². The molecule has 31 N–H and O–H groups in total. The van der Waals surface area contributed by atoms with Crippen LogP contribution in [-0.2, 0) is 64.0 Å². The molecule has 0 unspecified atom stereocenters. The van der Waals surface area contributed by atoms with Crippen LogP contribution in [0.15, 0.2) is 44.2 Å². The number of unbranched alkanes of at least 4 members (excludes halogenated alkanes) is 2. The zero-order valence-corrected chi connectivity index (χ0v) is 60.2. The van der Waals surface area contributed by atoms with Gasteiger partial charge in [0.25, 0.3) is 0 Å². The number of rotatable bonds is 41. The summed E-state index contributed by atoms with van der Waals surface area (Å²) in [5, 5.41) is 48.6. The van der Waals surface area contributed by atoms with Crippen molar-refractivity contribution in [3.63, 3.8) is 0 Å². The molecule has 1 saturated heterocycles. The van der Waals surface area contributed by atoms with Crippen molar-refractivity contribution >= 4 is 116 Å². The van der Waals surface area contributed by atoms with Gasteiger partial charge in [-0.25, -0.2) is 4.79 Å². The van der Waals surface area contributed by atoms with Crippen molar-refractivity contribution in [1.29, 1.82) is 0 Å². The van der Waals surface area contributed by atoms with Gasteiger partial charge in [0.15, 0.2) is 23.8 Å². The van der Waals surface area contributed by atoms with E-state index in [9.17, 15) is 67.7 Å². The van der Waals surface area contributed by atoms with E-state index in [0.29, 0.717) is 18.4 Å². The zero-order chi connectivity index (χ0) is 76.4. The van der Waals surface area contributed by atoms with Gasteiger partial charge in [-0.2, -0.15) is 0 Å². The minimum Gasteiger partial charge on any atom is -0.508 e. The monoisotopic (exact) mass is 1480 g/mol. The van der Waals surface area contributed by atoms with E-state index in [1.807, 2.05) is 27.7 Å². The molecule has 11 amide bonds. The smallest absolute Gasteiger partial charge is 0.326 e. The second-order valence-corrected chi connectivity index (χ2v) is 27.6. The van der Waals surface area contributed by atoms with E-state index in [0.717, 1.165) is 21.6 Å². The molecule has 10 atom stereocenters. The molecule has 0 radical (unpaired) electrons. The summed E-state index contributed by atoms with van der Waals surface area (Å²) in [4.78, 5) is 180. The summed E-state index contributed by atoms with van der Waals surface area (Å²) < 4.78 is 0. The van der Waals surface area contributed by atoms with Crippen LogP contribution in [0.25, 0.3) is 0 Å². The average Bonchev–Trinajstić information content (AvgIpc) is 1.13. The second-order valence-electron chi connectivity index (χ2n) is 25.1. The summed E-state index contributed by atoms with van der Waals surface area (Å²) in [6.07, 6.45) is 1.83. The molecular weight excluding hydrogens is 1370 g/mol. The number of nitrogens with two attached hydrogens (primary N) is 9. The van der Waals surface area contributed by atoms with E-state index >= 15 is 0 Å². The molecule has 1 aliphatic heterocycles. The first-order chi connectivity index (χ1) is 48.1. The highest BCUT2D eigenvalue weighted by molar-refractivity contribution is 8.76. The lowest BCUT2D eigenvalue weighted by atomic mass is 10.0. The van der Waals surface area contributed by atoms with Crippen molar-refractivity contribution in [2.24, 2.45) is 83.4 Å². The normalized spacial score (nSPS) is 18.2. The lowest BCUT2D eigenvalue weighted by molar-refractivity contribution is -0.142. The van der Waals surface area contributed by atoms with Crippen LogP contribution < -0.4 is 110 Å². The van der Waals surface area contributed by atoms with Crippen molar-refractivity contribution in [3.05, 3.63) is 29.8 Å². The third kappa shape index (κ3) is 38.3. The van der Waals surface area contributed by atoms with Gasteiger partial charge in [0, 0.05) is 50.7 Å². The quantitative estimate of drug-likeness (QED) is 0.0126. The molecule has 38 nitrogen and oxygen atoms in total. The molecule has 0 spiro atoms. The van der Waals surface area contributed by atoms with Crippen LogP contribution in [0.1, 0.15) is 130 Å². The lowest BCUT2D eigenvalue weighted by Gasteiger charge is -2.26. The van der Waals surface area contributed by atoms with Gasteiger partial charge in [-0.05, 0) is 120 Å². The largest absolute Gasteiger partial charge is 0.508 e. The first-order valence-corrected chi connectivity index (χ1v) is 36.1. The lowest BCUT2D eigenvalue weighted by Crippen LogP contribution is -2.59. The molecule has 0 aromatic heterocycles. The highest BCUT2D eigenvalue weighted by Crippen LogP contribution is 2.24.